The number of rotatable bonds is 1. The van der Waals surface area contributed by atoms with Gasteiger partial charge in [0.25, 0.3) is 5.56 Å². The molecule has 0 radical (unpaired) electrons. The van der Waals surface area contributed by atoms with E-state index in [9.17, 15) is 9.18 Å². The van der Waals surface area contributed by atoms with E-state index >= 15 is 0 Å². The number of benzene rings is 1. The molecule has 0 amide bonds. The molecule has 1 aromatic carbocycles. The van der Waals surface area contributed by atoms with Gasteiger partial charge in [0.2, 0.25) is 0 Å². The smallest absolute Gasteiger partial charge is 0.260 e. The first-order valence-electron chi connectivity index (χ1n) is 8.63. The number of aryl methyl sites for hydroxylation is 1. The molecule has 1 unspecified atom stereocenters. The number of fused-ring (bicyclic) bond motifs is 3. The number of H-pyrrole nitrogens is 1. The summed E-state index contributed by atoms with van der Waals surface area (Å²) < 4.78 is 13.5. The third-order valence-corrected chi connectivity index (χ3v) is 6.39. The molecular weight excluding hydrogens is 335 g/mol. The van der Waals surface area contributed by atoms with Gasteiger partial charge in [-0.05, 0) is 48.3 Å². The molecule has 1 atom stereocenters. The Balaban J connectivity index is 1.83. The molecule has 4 rings (SSSR count). The number of aromatic nitrogens is 2. The topological polar surface area (TPSA) is 45.8 Å². The fourth-order valence-electron chi connectivity index (χ4n) is 3.70. The summed E-state index contributed by atoms with van der Waals surface area (Å²) in [7, 11) is 0. The lowest BCUT2D eigenvalue weighted by Crippen LogP contribution is -2.26. The zero-order valence-electron chi connectivity index (χ0n) is 14.6. The molecule has 0 saturated carbocycles. The fraction of sp³-hybridized carbons (Fsp3) is 0.400. The van der Waals surface area contributed by atoms with Crippen LogP contribution in [-0.4, -0.2) is 9.97 Å². The first kappa shape index (κ1) is 16.5. The van der Waals surface area contributed by atoms with Gasteiger partial charge in [-0.25, -0.2) is 9.37 Å². The minimum absolute atomic E-state index is 0.115. The Hall–Kier alpha value is -2.01. The van der Waals surface area contributed by atoms with E-state index in [2.05, 4.69) is 30.7 Å². The van der Waals surface area contributed by atoms with Crippen LogP contribution >= 0.6 is 11.3 Å². The summed E-state index contributed by atoms with van der Waals surface area (Å²) in [5.41, 5.74) is 1.91. The van der Waals surface area contributed by atoms with Gasteiger partial charge in [0, 0.05) is 10.4 Å². The lowest BCUT2D eigenvalue weighted by molar-refractivity contribution is 0.218. The second kappa shape index (κ2) is 5.77. The van der Waals surface area contributed by atoms with Crippen LogP contribution in [0.3, 0.4) is 0 Å². The van der Waals surface area contributed by atoms with E-state index in [1.807, 2.05) is 0 Å². The van der Waals surface area contributed by atoms with Crippen molar-refractivity contribution in [2.45, 2.75) is 40.0 Å². The maximum atomic E-state index is 13.5. The van der Waals surface area contributed by atoms with Crippen LogP contribution in [0.15, 0.2) is 29.1 Å². The summed E-state index contributed by atoms with van der Waals surface area (Å²) in [5, 5.41) is 0.729. The maximum Gasteiger partial charge on any atom is 0.260 e. The molecule has 0 aliphatic heterocycles. The lowest BCUT2D eigenvalue weighted by atomic mass is 9.72. The molecule has 0 spiro atoms. The van der Waals surface area contributed by atoms with Crippen LogP contribution in [0, 0.1) is 17.2 Å². The van der Waals surface area contributed by atoms with Crippen molar-refractivity contribution in [1.82, 2.24) is 9.97 Å². The van der Waals surface area contributed by atoms with E-state index in [0.29, 0.717) is 17.3 Å². The number of nitrogens with one attached hydrogen (secondary N) is 1. The number of hydrogen-bond acceptors (Lipinski definition) is 3. The fourth-order valence-corrected chi connectivity index (χ4v) is 5.00. The van der Waals surface area contributed by atoms with Gasteiger partial charge in [-0.15, -0.1) is 11.3 Å². The van der Waals surface area contributed by atoms with Crippen LogP contribution in [0.5, 0.6) is 0 Å². The van der Waals surface area contributed by atoms with Crippen molar-refractivity contribution < 1.29 is 4.39 Å². The summed E-state index contributed by atoms with van der Waals surface area (Å²) in [6.07, 6.45) is 3.05. The molecule has 3 aromatic rings. The van der Waals surface area contributed by atoms with Crippen molar-refractivity contribution in [3.05, 3.63) is 50.9 Å². The molecule has 2 aromatic heterocycles. The number of nitrogens with zero attached hydrogens (tertiary/aromatic N) is 1. The molecular formula is C20H21FN2OS. The van der Waals surface area contributed by atoms with Gasteiger partial charge in [-0.1, -0.05) is 32.9 Å². The molecule has 130 valence electrons. The second-order valence-electron chi connectivity index (χ2n) is 7.91. The minimum atomic E-state index is -0.335. The molecule has 1 N–H and O–H groups in total. The summed E-state index contributed by atoms with van der Waals surface area (Å²) in [6, 6.07) is 6.17. The third-order valence-electron chi connectivity index (χ3n) is 5.24. The molecule has 0 bridgehead atoms. The van der Waals surface area contributed by atoms with E-state index in [1.165, 1.54) is 22.6 Å². The van der Waals surface area contributed by atoms with Crippen LogP contribution in [0.2, 0.25) is 0 Å². The Labute approximate surface area is 149 Å². The Bertz CT molecular complexity index is 1010. The average Bonchev–Trinajstić information content (AvgIpc) is 2.92. The molecule has 1 aliphatic rings. The number of thiophene rings is 1. The van der Waals surface area contributed by atoms with Crippen LogP contribution in [0.25, 0.3) is 21.6 Å². The van der Waals surface area contributed by atoms with Crippen molar-refractivity contribution in [3.8, 4) is 11.4 Å². The first-order chi connectivity index (χ1) is 11.8. The normalized spacial score (nSPS) is 17.7. The van der Waals surface area contributed by atoms with Crippen molar-refractivity contribution in [1.29, 1.82) is 0 Å². The highest BCUT2D eigenvalue weighted by molar-refractivity contribution is 7.18. The Kier molecular flexibility index (Phi) is 3.80. The van der Waals surface area contributed by atoms with Gasteiger partial charge < -0.3 is 4.98 Å². The van der Waals surface area contributed by atoms with E-state index < -0.39 is 0 Å². The zero-order chi connectivity index (χ0) is 17.8. The second-order valence-corrected chi connectivity index (χ2v) is 9.00. The number of aromatic amines is 1. The largest absolute Gasteiger partial charge is 0.306 e. The van der Waals surface area contributed by atoms with Crippen molar-refractivity contribution in [2.24, 2.45) is 11.3 Å². The average molecular weight is 356 g/mol. The maximum absolute atomic E-state index is 13.5. The summed E-state index contributed by atoms with van der Waals surface area (Å²) in [4.78, 5) is 22.2. The summed E-state index contributed by atoms with van der Waals surface area (Å²) in [5.74, 6) is 0.719. The van der Waals surface area contributed by atoms with Gasteiger partial charge in [0.05, 0.1) is 5.39 Å². The molecule has 5 heteroatoms. The monoisotopic (exact) mass is 356 g/mol. The van der Waals surface area contributed by atoms with Crippen LogP contribution in [0.4, 0.5) is 4.39 Å². The molecule has 0 fully saturated rings. The van der Waals surface area contributed by atoms with Gasteiger partial charge in [0.1, 0.15) is 16.5 Å². The highest BCUT2D eigenvalue weighted by Gasteiger charge is 2.31. The highest BCUT2D eigenvalue weighted by Crippen LogP contribution is 2.42. The van der Waals surface area contributed by atoms with Gasteiger partial charge in [0.15, 0.2) is 0 Å². The van der Waals surface area contributed by atoms with Crippen molar-refractivity contribution >= 4 is 21.6 Å². The van der Waals surface area contributed by atoms with E-state index in [4.69, 9.17) is 0 Å². The minimum Gasteiger partial charge on any atom is -0.306 e. The van der Waals surface area contributed by atoms with Crippen LogP contribution in [0.1, 0.15) is 37.6 Å². The summed E-state index contributed by atoms with van der Waals surface area (Å²) in [6.45, 7) is 6.84. The van der Waals surface area contributed by atoms with Crippen molar-refractivity contribution in [3.63, 3.8) is 0 Å². The number of hydrogen-bond donors (Lipinski definition) is 1. The highest BCUT2D eigenvalue weighted by atomic mass is 32.1. The molecule has 3 nitrogen and oxygen atoms in total. The third kappa shape index (κ3) is 2.91. The van der Waals surface area contributed by atoms with Gasteiger partial charge >= 0.3 is 0 Å². The zero-order valence-corrected chi connectivity index (χ0v) is 15.5. The predicted molar refractivity (Wildman–Crippen MR) is 101 cm³/mol. The number of halogens is 1. The standard InChI is InChI=1S/C20H21FN2OS/c1-20(2,3)12-7-8-14-15(10-12)25-19-16(14)18(24)22-17(23-19)11-5-4-6-13(21)9-11/h4-6,9,12H,7-8,10H2,1-3H3,(H,22,23,24). The first-order valence-corrected chi connectivity index (χ1v) is 9.45. The van der Waals surface area contributed by atoms with Crippen LogP contribution < -0.4 is 5.56 Å². The quantitative estimate of drug-likeness (QED) is 0.671. The Morgan fingerprint density at radius 1 is 1.32 bits per heavy atom. The van der Waals surface area contributed by atoms with Gasteiger partial charge in [-0.3, -0.25) is 4.79 Å². The molecule has 25 heavy (non-hydrogen) atoms. The Morgan fingerprint density at radius 2 is 2.12 bits per heavy atom. The summed E-state index contributed by atoms with van der Waals surface area (Å²) >= 11 is 1.62. The van der Waals surface area contributed by atoms with Crippen molar-refractivity contribution in [2.75, 3.05) is 0 Å². The molecule has 1 aliphatic carbocycles. The van der Waals surface area contributed by atoms with E-state index in [0.717, 1.165) is 29.5 Å². The molecule has 0 saturated heterocycles. The van der Waals surface area contributed by atoms with E-state index in [-0.39, 0.29) is 16.8 Å². The predicted octanol–water partition coefficient (Wildman–Crippen LogP) is 4.94. The van der Waals surface area contributed by atoms with Gasteiger partial charge in [-0.2, -0.15) is 0 Å². The Morgan fingerprint density at radius 3 is 2.84 bits per heavy atom. The molecule has 2 heterocycles. The lowest BCUT2D eigenvalue weighted by Gasteiger charge is -2.33. The van der Waals surface area contributed by atoms with E-state index in [1.54, 1.807) is 23.5 Å². The van der Waals surface area contributed by atoms with Crippen LogP contribution in [-0.2, 0) is 12.8 Å². The SMILES string of the molecule is CC(C)(C)C1CCc2c(sc3nc(-c4cccc(F)c4)[nH]c(=O)c23)C1.